The molecule has 3 aromatic carbocycles. The Kier molecular flexibility index (Phi) is 8.67. The van der Waals surface area contributed by atoms with E-state index in [1.165, 1.54) is 4.68 Å². The number of aryl methyl sites for hydroxylation is 1. The fraction of sp³-hybridized carbons (Fsp3) is 0.222. The van der Waals surface area contributed by atoms with Gasteiger partial charge in [0.1, 0.15) is 12.4 Å². The molecule has 0 radical (unpaired) electrons. The van der Waals surface area contributed by atoms with Crippen molar-refractivity contribution < 1.29 is 9.47 Å². The van der Waals surface area contributed by atoms with Crippen molar-refractivity contribution in [2.24, 2.45) is 5.10 Å². The lowest BCUT2D eigenvalue weighted by atomic mass is 10.2. The predicted octanol–water partition coefficient (Wildman–Crippen LogP) is 7.28. The summed E-state index contributed by atoms with van der Waals surface area (Å²) in [4.78, 5) is 18.1. The quantitative estimate of drug-likeness (QED) is 0.193. The minimum Gasteiger partial charge on any atom is -0.493 e. The predicted molar refractivity (Wildman–Crippen MR) is 149 cm³/mol. The topological polar surface area (TPSA) is 65.7 Å². The number of aromatic nitrogens is 2. The van der Waals surface area contributed by atoms with Gasteiger partial charge in [-0.2, -0.15) is 9.78 Å². The molecule has 0 aliphatic heterocycles. The second kappa shape index (κ2) is 11.9. The van der Waals surface area contributed by atoms with Crippen molar-refractivity contribution in [2.75, 3.05) is 7.11 Å². The average Bonchev–Trinajstić information content (AvgIpc) is 2.87. The smallest absolute Gasteiger partial charge is 0.282 e. The zero-order valence-corrected chi connectivity index (χ0v) is 22.9. The van der Waals surface area contributed by atoms with E-state index in [1.807, 2.05) is 30.3 Å². The first-order chi connectivity index (χ1) is 17.4. The molecule has 36 heavy (non-hydrogen) atoms. The number of rotatable bonds is 9. The van der Waals surface area contributed by atoms with Crippen molar-refractivity contribution in [1.29, 1.82) is 0 Å². The molecule has 0 spiro atoms. The van der Waals surface area contributed by atoms with Crippen LogP contribution in [0, 0.1) is 0 Å². The summed E-state index contributed by atoms with van der Waals surface area (Å²) in [6.45, 7) is 2.29. The molecule has 0 aliphatic rings. The van der Waals surface area contributed by atoms with E-state index in [9.17, 15) is 4.79 Å². The Morgan fingerprint density at radius 3 is 2.72 bits per heavy atom. The summed E-state index contributed by atoms with van der Waals surface area (Å²) in [6.07, 6.45) is 4.08. The molecule has 1 aromatic heterocycles. The second-order valence-electron chi connectivity index (χ2n) is 8.06. The largest absolute Gasteiger partial charge is 0.493 e. The molecule has 186 valence electrons. The summed E-state index contributed by atoms with van der Waals surface area (Å²) < 4.78 is 13.8. The van der Waals surface area contributed by atoms with E-state index in [4.69, 9.17) is 37.7 Å². The third-order valence-electron chi connectivity index (χ3n) is 5.56. The highest BCUT2D eigenvalue weighted by Crippen LogP contribution is 2.32. The highest BCUT2D eigenvalue weighted by Gasteiger charge is 2.14. The lowest BCUT2D eigenvalue weighted by molar-refractivity contribution is 0.284. The lowest BCUT2D eigenvalue weighted by Crippen LogP contribution is -2.22. The highest BCUT2D eigenvalue weighted by molar-refractivity contribution is 9.10. The maximum atomic E-state index is 13.4. The van der Waals surface area contributed by atoms with Crippen LogP contribution in [0.4, 0.5) is 0 Å². The second-order valence-corrected chi connectivity index (χ2v) is 9.82. The van der Waals surface area contributed by atoms with Crippen molar-refractivity contribution in [3.05, 3.63) is 96.4 Å². The zero-order chi connectivity index (χ0) is 25.7. The fourth-order valence-corrected chi connectivity index (χ4v) is 4.49. The summed E-state index contributed by atoms with van der Waals surface area (Å²) in [6, 6.07) is 16.2. The Morgan fingerprint density at radius 2 is 1.97 bits per heavy atom. The minimum absolute atomic E-state index is 0.199. The van der Waals surface area contributed by atoms with Gasteiger partial charge < -0.3 is 9.47 Å². The van der Waals surface area contributed by atoms with Crippen LogP contribution < -0.4 is 15.0 Å². The first-order valence-corrected chi connectivity index (χ1v) is 13.0. The third-order valence-corrected chi connectivity index (χ3v) is 6.64. The number of unbranched alkanes of at least 4 members (excludes halogenated alkanes) is 1. The number of nitrogens with zero attached hydrogens (tertiary/aromatic N) is 3. The van der Waals surface area contributed by atoms with E-state index in [-0.39, 0.29) is 12.2 Å². The van der Waals surface area contributed by atoms with E-state index < -0.39 is 0 Å². The van der Waals surface area contributed by atoms with Crippen LogP contribution in [0.15, 0.2) is 69.0 Å². The Morgan fingerprint density at radius 1 is 1.14 bits per heavy atom. The van der Waals surface area contributed by atoms with Crippen LogP contribution in [0.5, 0.6) is 11.5 Å². The molecular formula is C27H24BrCl2N3O3. The van der Waals surface area contributed by atoms with E-state index in [1.54, 1.807) is 37.6 Å². The molecule has 0 fully saturated rings. The number of halogens is 3. The van der Waals surface area contributed by atoms with Gasteiger partial charge in [-0.15, -0.1) is 0 Å². The van der Waals surface area contributed by atoms with Gasteiger partial charge in [0.05, 0.1) is 24.2 Å². The molecule has 0 unspecified atom stereocenters. The van der Waals surface area contributed by atoms with Crippen molar-refractivity contribution in [3.63, 3.8) is 0 Å². The van der Waals surface area contributed by atoms with Gasteiger partial charge in [0.15, 0.2) is 11.5 Å². The van der Waals surface area contributed by atoms with Gasteiger partial charge in [-0.25, -0.2) is 4.98 Å². The summed E-state index contributed by atoms with van der Waals surface area (Å²) in [5, 5.41) is 6.10. The minimum atomic E-state index is -0.234. The van der Waals surface area contributed by atoms with Gasteiger partial charge in [0, 0.05) is 32.1 Å². The van der Waals surface area contributed by atoms with Crippen LogP contribution in [0.25, 0.3) is 10.9 Å². The van der Waals surface area contributed by atoms with Crippen molar-refractivity contribution >= 4 is 56.2 Å². The first kappa shape index (κ1) is 26.2. The number of fused-ring (bicyclic) bond motifs is 1. The molecule has 0 bridgehead atoms. The Hall–Kier alpha value is -2.87. The Labute approximate surface area is 227 Å². The number of hydrogen-bond donors (Lipinski definition) is 0. The molecule has 0 aliphatic carbocycles. The van der Waals surface area contributed by atoms with Gasteiger partial charge in [-0.05, 0) is 48.9 Å². The van der Waals surface area contributed by atoms with Gasteiger partial charge in [-0.3, -0.25) is 4.79 Å². The summed E-state index contributed by atoms with van der Waals surface area (Å²) >= 11 is 15.8. The van der Waals surface area contributed by atoms with Gasteiger partial charge in [0.25, 0.3) is 5.56 Å². The van der Waals surface area contributed by atoms with Crippen molar-refractivity contribution in [3.8, 4) is 11.5 Å². The average molecular weight is 589 g/mol. The summed E-state index contributed by atoms with van der Waals surface area (Å²) in [5.74, 6) is 1.61. The maximum Gasteiger partial charge on any atom is 0.282 e. The molecule has 4 aromatic rings. The molecule has 0 atom stereocenters. The first-order valence-electron chi connectivity index (χ1n) is 11.4. The van der Waals surface area contributed by atoms with E-state index in [0.717, 1.165) is 22.9 Å². The van der Waals surface area contributed by atoms with Crippen LogP contribution >= 0.6 is 39.1 Å². The van der Waals surface area contributed by atoms with Crippen molar-refractivity contribution in [2.45, 2.75) is 32.8 Å². The SMILES string of the molecule is CCCCc1nc2ccc(Br)cc2c(=O)n1N=Cc1cccc(OC)c1OCc1ccc(Cl)cc1Cl. The molecule has 0 N–H and O–H groups in total. The van der Waals surface area contributed by atoms with Gasteiger partial charge >= 0.3 is 0 Å². The van der Waals surface area contributed by atoms with Gasteiger partial charge in [0.2, 0.25) is 0 Å². The fourth-order valence-electron chi connectivity index (χ4n) is 3.67. The highest BCUT2D eigenvalue weighted by atomic mass is 79.9. The molecule has 0 saturated heterocycles. The van der Waals surface area contributed by atoms with Crippen LogP contribution in [0.1, 0.15) is 36.7 Å². The van der Waals surface area contributed by atoms with Crippen LogP contribution in [-0.2, 0) is 13.0 Å². The zero-order valence-electron chi connectivity index (χ0n) is 19.8. The Balaban J connectivity index is 1.74. The summed E-state index contributed by atoms with van der Waals surface area (Å²) in [5.41, 5.74) is 1.83. The third kappa shape index (κ3) is 5.91. The molecule has 0 saturated carbocycles. The van der Waals surface area contributed by atoms with Crippen molar-refractivity contribution in [1.82, 2.24) is 9.66 Å². The molecule has 9 heteroatoms. The van der Waals surface area contributed by atoms with Crippen LogP contribution in [-0.4, -0.2) is 23.0 Å². The van der Waals surface area contributed by atoms with Crippen LogP contribution in [0.3, 0.4) is 0 Å². The number of methoxy groups -OCH3 is 1. The normalized spacial score (nSPS) is 11.4. The number of benzene rings is 3. The monoisotopic (exact) mass is 587 g/mol. The molecule has 6 nitrogen and oxygen atoms in total. The molecule has 0 amide bonds. The Bertz CT molecular complexity index is 1490. The molecule has 1 heterocycles. The van der Waals surface area contributed by atoms with E-state index in [0.29, 0.717) is 50.3 Å². The number of ether oxygens (including phenoxy) is 2. The lowest BCUT2D eigenvalue weighted by Gasteiger charge is -2.14. The number of hydrogen-bond acceptors (Lipinski definition) is 5. The van der Waals surface area contributed by atoms with E-state index >= 15 is 0 Å². The van der Waals surface area contributed by atoms with Crippen LogP contribution in [0.2, 0.25) is 10.0 Å². The molecule has 4 rings (SSSR count). The number of para-hydroxylation sites is 1. The standard InChI is InChI=1S/C27H24BrCl2N3O3/c1-3-4-8-25-32-23-12-10-19(28)13-21(23)27(34)33(25)31-15-17-6-5-7-24(35-2)26(17)36-16-18-9-11-20(29)14-22(18)30/h5-7,9-15H,3-4,8,16H2,1-2H3. The molecular weight excluding hydrogens is 565 g/mol. The maximum absolute atomic E-state index is 13.4. The summed E-state index contributed by atoms with van der Waals surface area (Å²) in [7, 11) is 1.57. The van der Waals surface area contributed by atoms with E-state index in [2.05, 4.69) is 28.0 Å². The van der Waals surface area contributed by atoms with Gasteiger partial charge in [-0.1, -0.05) is 64.6 Å².